The van der Waals surface area contributed by atoms with E-state index in [0.717, 1.165) is 5.56 Å². The van der Waals surface area contributed by atoms with Crippen LogP contribution in [-0.2, 0) is 15.6 Å². The third-order valence-corrected chi connectivity index (χ3v) is 4.87. The van der Waals surface area contributed by atoms with Gasteiger partial charge in [-0.1, -0.05) is 60.7 Å². The molecule has 0 aliphatic heterocycles. The van der Waals surface area contributed by atoms with E-state index in [0.29, 0.717) is 12.0 Å². The number of ketones is 1. The molecule has 0 atom stereocenters. The van der Waals surface area contributed by atoms with E-state index in [1.807, 2.05) is 24.3 Å². The van der Waals surface area contributed by atoms with Gasteiger partial charge in [-0.05, 0) is 12.0 Å². The summed E-state index contributed by atoms with van der Waals surface area (Å²) in [6, 6.07) is 18.1. The number of benzene rings is 2. The maximum absolute atomic E-state index is 12.0. The van der Waals surface area contributed by atoms with Crippen LogP contribution in [-0.4, -0.2) is 20.0 Å². The van der Waals surface area contributed by atoms with Gasteiger partial charge in [-0.15, -0.1) is 0 Å². The second-order valence-corrected chi connectivity index (χ2v) is 7.15. The highest BCUT2D eigenvalue weighted by atomic mass is 32.2. The summed E-state index contributed by atoms with van der Waals surface area (Å²) in [6.45, 7) is 0. The molecule has 0 amide bonds. The first-order chi connectivity index (χ1) is 10.1. The molecule has 0 bridgehead atoms. The van der Waals surface area contributed by atoms with Crippen LogP contribution in [0.4, 0.5) is 0 Å². The fourth-order valence-electron chi connectivity index (χ4n) is 2.12. The summed E-state index contributed by atoms with van der Waals surface area (Å²) < 4.78 is 24.0. The van der Waals surface area contributed by atoms with Crippen molar-refractivity contribution in [2.45, 2.75) is 18.6 Å². The second-order valence-electron chi connectivity index (χ2n) is 4.97. The smallest absolute Gasteiger partial charge is 0.162 e. The fourth-order valence-corrected chi connectivity index (χ4v) is 3.55. The number of sulfone groups is 1. The lowest BCUT2D eigenvalue weighted by atomic mass is 10.1. The van der Waals surface area contributed by atoms with Gasteiger partial charge in [0, 0.05) is 12.0 Å². The van der Waals surface area contributed by atoms with Crippen molar-refractivity contribution in [3.05, 3.63) is 71.8 Å². The topological polar surface area (TPSA) is 51.2 Å². The van der Waals surface area contributed by atoms with E-state index in [-0.39, 0.29) is 23.7 Å². The Morgan fingerprint density at radius 2 is 1.43 bits per heavy atom. The number of rotatable bonds is 7. The van der Waals surface area contributed by atoms with Crippen LogP contribution in [0, 0.1) is 0 Å². The van der Waals surface area contributed by atoms with Gasteiger partial charge in [-0.2, -0.15) is 0 Å². The standard InChI is InChI=1S/C17H18O3S/c18-17(16-10-5-2-6-11-16)12-7-13-21(19,20)14-15-8-3-1-4-9-15/h1-6,8-11H,7,12-14H2. The minimum absolute atomic E-state index is 0.00879. The minimum atomic E-state index is -3.16. The van der Waals surface area contributed by atoms with E-state index in [1.54, 1.807) is 36.4 Å². The molecule has 4 heteroatoms. The molecular weight excluding hydrogens is 284 g/mol. The summed E-state index contributed by atoms with van der Waals surface area (Å²) in [5.41, 5.74) is 1.42. The molecule has 110 valence electrons. The maximum atomic E-state index is 12.0. The number of Topliss-reactive ketones (excluding diaryl/α,β-unsaturated/α-hetero) is 1. The number of hydrogen-bond donors (Lipinski definition) is 0. The van der Waals surface area contributed by atoms with E-state index in [4.69, 9.17) is 0 Å². The normalized spacial score (nSPS) is 11.2. The Morgan fingerprint density at radius 1 is 0.857 bits per heavy atom. The predicted molar refractivity (Wildman–Crippen MR) is 83.9 cm³/mol. The molecule has 0 aromatic heterocycles. The Morgan fingerprint density at radius 3 is 2.05 bits per heavy atom. The lowest BCUT2D eigenvalue weighted by molar-refractivity contribution is 0.0982. The van der Waals surface area contributed by atoms with Gasteiger partial charge in [0.15, 0.2) is 15.6 Å². The fraction of sp³-hybridized carbons (Fsp3) is 0.235. The van der Waals surface area contributed by atoms with Gasteiger partial charge in [-0.3, -0.25) is 4.79 Å². The van der Waals surface area contributed by atoms with Crippen molar-refractivity contribution < 1.29 is 13.2 Å². The quantitative estimate of drug-likeness (QED) is 0.738. The average Bonchev–Trinajstić information content (AvgIpc) is 2.48. The summed E-state index contributed by atoms with van der Waals surface area (Å²) in [4.78, 5) is 11.9. The molecule has 0 radical (unpaired) electrons. The molecule has 0 heterocycles. The highest BCUT2D eigenvalue weighted by Crippen LogP contribution is 2.10. The Kier molecular flexibility index (Phi) is 5.28. The van der Waals surface area contributed by atoms with Crippen LogP contribution in [0.5, 0.6) is 0 Å². The highest BCUT2D eigenvalue weighted by Gasteiger charge is 2.13. The van der Waals surface area contributed by atoms with Gasteiger partial charge >= 0.3 is 0 Å². The molecule has 0 spiro atoms. The van der Waals surface area contributed by atoms with E-state index in [2.05, 4.69) is 0 Å². The van der Waals surface area contributed by atoms with Crippen molar-refractivity contribution in [2.75, 3.05) is 5.75 Å². The minimum Gasteiger partial charge on any atom is -0.294 e. The van der Waals surface area contributed by atoms with E-state index in [9.17, 15) is 13.2 Å². The van der Waals surface area contributed by atoms with Crippen molar-refractivity contribution in [3.8, 4) is 0 Å². The number of carbonyl (C=O) groups is 1. The highest BCUT2D eigenvalue weighted by molar-refractivity contribution is 7.90. The van der Waals surface area contributed by atoms with Crippen LogP contribution in [0.3, 0.4) is 0 Å². The van der Waals surface area contributed by atoms with E-state index < -0.39 is 9.84 Å². The summed E-state index contributed by atoms with van der Waals surface area (Å²) in [7, 11) is -3.16. The molecule has 0 saturated carbocycles. The van der Waals surface area contributed by atoms with Crippen molar-refractivity contribution >= 4 is 15.6 Å². The van der Waals surface area contributed by atoms with Crippen molar-refractivity contribution in [3.63, 3.8) is 0 Å². The lowest BCUT2D eigenvalue weighted by Gasteiger charge is -2.04. The Balaban J connectivity index is 1.84. The molecular formula is C17H18O3S. The Bertz CT molecular complexity index is 676. The van der Waals surface area contributed by atoms with Crippen LogP contribution in [0.2, 0.25) is 0 Å². The molecule has 0 aliphatic carbocycles. The van der Waals surface area contributed by atoms with Gasteiger partial charge < -0.3 is 0 Å². The Hall–Kier alpha value is -1.94. The van der Waals surface area contributed by atoms with Gasteiger partial charge in [0.2, 0.25) is 0 Å². The predicted octanol–water partition coefficient (Wildman–Crippen LogP) is 3.26. The van der Waals surface area contributed by atoms with Gasteiger partial charge in [0.05, 0.1) is 11.5 Å². The average molecular weight is 302 g/mol. The van der Waals surface area contributed by atoms with Crippen LogP contribution >= 0.6 is 0 Å². The molecule has 2 aromatic rings. The van der Waals surface area contributed by atoms with Crippen LogP contribution in [0.1, 0.15) is 28.8 Å². The lowest BCUT2D eigenvalue weighted by Crippen LogP contribution is -2.11. The van der Waals surface area contributed by atoms with Crippen molar-refractivity contribution in [2.24, 2.45) is 0 Å². The maximum Gasteiger partial charge on any atom is 0.162 e. The molecule has 0 N–H and O–H groups in total. The second kappa shape index (κ2) is 7.18. The molecule has 0 aliphatic rings. The first-order valence-electron chi connectivity index (χ1n) is 6.89. The molecule has 3 nitrogen and oxygen atoms in total. The molecule has 0 unspecified atom stereocenters. The zero-order valence-electron chi connectivity index (χ0n) is 11.7. The van der Waals surface area contributed by atoms with E-state index in [1.165, 1.54) is 0 Å². The summed E-state index contributed by atoms with van der Waals surface area (Å²) >= 11 is 0. The summed E-state index contributed by atoms with van der Waals surface area (Å²) in [6.07, 6.45) is 0.626. The Labute approximate surface area is 125 Å². The third-order valence-electron chi connectivity index (χ3n) is 3.18. The first-order valence-corrected chi connectivity index (χ1v) is 8.71. The monoisotopic (exact) mass is 302 g/mol. The zero-order chi connectivity index (χ0) is 15.1. The molecule has 0 saturated heterocycles. The first kappa shape index (κ1) is 15.4. The number of carbonyl (C=O) groups excluding carboxylic acids is 1. The summed E-state index contributed by atoms with van der Waals surface area (Å²) in [5, 5.41) is 0. The van der Waals surface area contributed by atoms with Crippen LogP contribution in [0.15, 0.2) is 60.7 Å². The van der Waals surface area contributed by atoms with Crippen molar-refractivity contribution in [1.29, 1.82) is 0 Å². The van der Waals surface area contributed by atoms with Crippen molar-refractivity contribution in [1.82, 2.24) is 0 Å². The van der Waals surface area contributed by atoms with Gasteiger partial charge in [0.25, 0.3) is 0 Å². The largest absolute Gasteiger partial charge is 0.294 e. The van der Waals surface area contributed by atoms with Crippen LogP contribution in [0.25, 0.3) is 0 Å². The molecule has 21 heavy (non-hydrogen) atoms. The zero-order valence-corrected chi connectivity index (χ0v) is 12.6. The van der Waals surface area contributed by atoms with E-state index >= 15 is 0 Å². The SMILES string of the molecule is O=C(CCCS(=O)(=O)Cc1ccccc1)c1ccccc1. The molecule has 2 rings (SSSR count). The third kappa shape index (κ3) is 5.16. The van der Waals surface area contributed by atoms with Crippen LogP contribution < -0.4 is 0 Å². The van der Waals surface area contributed by atoms with Gasteiger partial charge in [-0.25, -0.2) is 8.42 Å². The summed E-state index contributed by atoms with van der Waals surface area (Å²) in [5.74, 6) is 0.0684. The molecule has 2 aromatic carbocycles. The molecule has 0 fully saturated rings. The van der Waals surface area contributed by atoms with Gasteiger partial charge in [0.1, 0.15) is 0 Å². The number of hydrogen-bond acceptors (Lipinski definition) is 3.